The van der Waals surface area contributed by atoms with Gasteiger partial charge >= 0.3 is 0 Å². The Kier molecular flexibility index (Phi) is 4.86. The van der Waals surface area contributed by atoms with Crippen LogP contribution in [0.25, 0.3) is 0 Å². The summed E-state index contributed by atoms with van der Waals surface area (Å²) in [6.07, 6.45) is 0. The first-order chi connectivity index (χ1) is 12.0. The van der Waals surface area contributed by atoms with Crippen molar-refractivity contribution in [2.75, 3.05) is 4.31 Å². The number of benzene rings is 3. The first-order valence-corrected chi connectivity index (χ1v) is 9.30. The van der Waals surface area contributed by atoms with Crippen LogP contribution in [-0.2, 0) is 16.6 Å². The lowest BCUT2D eigenvalue weighted by Gasteiger charge is -2.25. The molecule has 3 aromatic rings. The third-order valence-electron chi connectivity index (χ3n) is 3.86. The van der Waals surface area contributed by atoms with Crippen LogP contribution in [0.3, 0.4) is 0 Å². The van der Waals surface area contributed by atoms with Gasteiger partial charge in [0.15, 0.2) is 0 Å². The van der Waals surface area contributed by atoms with E-state index in [1.807, 2.05) is 25.1 Å². The van der Waals surface area contributed by atoms with E-state index in [-0.39, 0.29) is 17.3 Å². The molecule has 128 valence electrons. The second-order valence-electron chi connectivity index (χ2n) is 5.79. The molecule has 0 radical (unpaired) electrons. The molecule has 0 aliphatic carbocycles. The van der Waals surface area contributed by atoms with Crippen molar-refractivity contribution in [3.05, 3.63) is 95.8 Å². The lowest BCUT2D eigenvalue weighted by Crippen LogP contribution is -2.30. The zero-order chi connectivity index (χ0) is 17.9. The van der Waals surface area contributed by atoms with E-state index in [2.05, 4.69) is 0 Å². The highest BCUT2D eigenvalue weighted by molar-refractivity contribution is 7.92. The van der Waals surface area contributed by atoms with Crippen LogP contribution < -0.4 is 4.31 Å². The van der Waals surface area contributed by atoms with Crippen LogP contribution in [0.2, 0.25) is 0 Å². The molecule has 0 heterocycles. The SMILES string of the molecule is Cc1cccc(N(Cc2ccc(F)cc2)S(=O)(=O)c2ccccc2)c1. The van der Waals surface area contributed by atoms with Crippen LogP contribution >= 0.6 is 0 Å². The summed E-state index contributed by atoms with van der Waals surface area (Å²) in [5, 5.41) is 0. The molecule has 0 saturated carbocycles. The molecule has 5 heteroatoms. The average molecular weight is 355 g/mol. The molecule has 0 fully saturated rings. The van der Waals surface area contributed by atoms with Crippen molar-refractivity contribution in [1.82, 2.24) is 0 Å². The maximum Gasteiger partial charge on any atom is 0.264 e. The summed E-state index contributed by atoms with van der Waals surface area (Å²) in [5.41, 5.74) is 2.25. The predicted molar refractivity (Wildman–Crippen MR) is 97.4 cm³/mol. The van der Waals surface area contributed by atoms with E-state index in [0.29, 0.717) is 11.3 Å². The summed E-state index contributed by atoms with van der Waals surface area (Å²) >= 11 is 0. The fourth-order valence-electron chi connectivity index (χ4n) is 2.57. The van der Waals surface area contributed by atoms with Gasteiger partial charge in [0.05, 0.1) is 17.1 Å². The Bertz CT molecular complexity index is 955. The van der Waals surface area contributed by atoms with Crippen molar-refractivity contribution in [3.63, 3.8) is 0 Å². The molecular weight excluding hydrogens is 337 g/mol. The number of halogens is 1. The number of anilines is 1. The number of sulfonamides is 1. The second-order valence-corrected chi connectivity index (χ2v) is 7.65. The number of hydrogen-bond donors (Lipinski definition) is 0. The van der Waals surface area contributed by atoms with Gasteiger partial charge in [0.2, 0.25) is 0 Å². The van der Waals surface area contributed by atoms with Gasteiger partial charge in [-0.3, -0.25) is 4.31 Å². The Hall–Kier alpha value is -2.66. The van der Waals surface area contributed by atoms with Gasteiger partial charge in [0, 0.05) is 0 Å². The van der Waals surface area contributed by atoms with Crippen molar-refractivity contribution < 1.29 is 12.8 Å². The minimum absolute atomic E-state index is 0.126. The molecule has 0 atom stereocenters. The van der Waals surface area contributed by atoms with Gasteiger partial charge in [0.25, 0.3) is 10.0 Å². The third-order valence-corrected chi connectivity index (χ3v) is 5.65. The van der Waals surface area contributed by atoms with E-state index in [1.165, 1.54) is 16.4 Å². The molecule has 0 aliphatic rings. The average Bonchev–Trinajstić information content (AvgIpc) is 2.62. The Morgan fingerprint density at radius 1 is 0.880 bits per heavy atom. The van der Waals surface area contributed by atoms with Gasteiger partial charge in [-0.25, -0.2) is 12.8 Å². The minimum atomic E-state index is -3.74. The summed E-state index contributed by atoms with van der Waals surface area (Å²) in [7, 11) is -3.74. The van der Waals surface area contributed by atoms with Crippen LogP contribution in [0.4, 0.5) is 10.1 Å². The third kappa shape index (κ3) is 3.88. The molecule has 0 N–H and O–H groups in total. The van der Waals surface area contributed by atoms with E-state index >= 15 is 0 Å². The highest BCUT2D eigenvalue weighted by Crippen LogP contribution is 2.26. The molecule has 0 aromatic heterocycles. The molecule has 0 bridgehead atoms. The standard InChI is InChI=1S/C20H18FNO2S/c1-16-6-5-7-19(14-16)22(15-17-10-12-18(21)13-11-17)25(23,24)20-8-3-2-4-9-20/h2-14H,15H2,1H3. The first-order valence-electron chi connectivity index (χ1n) is 7.86. The molecule has 0 spiro atoms. The van der Waals surface area contributed by atoms with Gasteiger partial charge in [-0.15, -0.1) is 0 Å². The Morgan fingerprint density at radius 3 is 2.20 bits per heavy atom. The summed E-state index contributed by atoms with van der Waals surface area (Å²) in [4.78, 5) is 0.221. The molecule has 0 aliphatic heterocycles. The van der Waals surface area contributed by atoms with E-state index in [9.17, 15) is 12.8 Å². The second kappa shape index (κ2) is 7.07. The molecule has 25 heavy (non-hydrogen) atoms. The zero-order valence-electron chi connectivity index (χ0n) is 13.8. The lowest BCUT2D eigenvalue weighted by molar-refractivity contribution is 0.590. The highest BCUT2D eigenvalue weighted by atomic mass is 32.2. The van der Waals surface area contributed by atoms with E-state index < -0.39 is 10.0 Å². The summed E-state index contributed by atoms with van der Waals surface area (Å²) < 4.78 is 40.9. The van der Waals surface area contributed by atoms with Gasteiger partial charge in [-0.1, -0.05) is 42.5 Å². The molecule has 3 aromatic carbocycles. The summed E-state index contributed by atoms with van der Waals surface area (Å²) in [6.45, 7) is 2.04. The summed E-state index contributed by atoms with van der Waals surface area (Å²) in [6, 6.07) is 21.5. The lowest BCUT2D eigenvalue weighted by atomic mass is 10.2. The van der Waals surface area contributed by atoms with Crippen LogP contribution in [-0.4, -0.2) is 8.42 Å². The van der Waals surface area contributed by atoms with E-state index in [1.54, 1.807) is 48.5 Å². The van der Waals surface area contributed by atoms with Crippen molar-refractivity contribution >= 4 is 15.7 Å². The largest absolute Gasteiger partial charge is 0.264 e. The van der Waals surface area contributed by atoms with Gasteiger partial charge < -0.3 is 0 Å². The number of aryl methyl sites for hydroxylation is 1. The maximum absolute atomic E-state index is 13.2. The van der Waals surface area contributed by atoms with Gasteiger partial charge in [0.1, 0.15) is 5.82 Å². The summed E-state index contributed by atoms with van der Waals surface area (Å²) in [5.74, 6) is -0.350. The predicted octanol–water partition coefficient (Wildman–Crippen LogP) is 4.53. The minimum Gasteiger partial charge on any atom is -0.262 e. The van der Waals surface area contributed by atoms with E-state index in [4.69, 9.17) is 0 Å². The normalized spacial score (nSPS) is 11.3. The van der Waals surface area contributed by atoms with Crippen molar-refractivity contribution in [3.8, 4) is 0 Å². The first kappa shape index (κ1) is 17.2. The quantitative estimate of drug-likeness (QED) is 0.674. The molecular formula is C20H18FNO2S. The van der Waals surface area contributed by atoms with Crippen LogP contribution in [0.1, 0.15) is 11.1 Å². The highest BCUT2D eigenvalue weighted by Gasteiger charge is 2.25. The topological polar surface area (TPSA) is 37.4 Å². The van der Waals surface area contributed by atoms with Gasteiger partial charge in [-0.2, -0.15) is 0 Å². The Morgan fingerprint density at radius 2 is 1.56 bits per heavy atom. The maximum atomic E-state index is 13.2. The fourth-order valence-corrected chi connectivity index (χ4v) is 4.04. The number of nitrogens with zero attached hydrogens (tertiary/aromatic N) is 1. The fraction of sp³-hybridized carbons (Fsp3) is 0.100. The number of hydrogen-bond acceptors (Lipinski definition) is 2. The smallest absolute Gasteiger partial charge is 0.262 e. The van der Waals surface area contributed by atoms with Crippen LogP contribution in [0.15, 0.2) is 83.8 Å². The number of rotatable bonds is 5. The molecule has 0 amide bonds. The van der Waals surface area contributed by atoms with Gasteiger partial charge in [-0.05, 0) is 54.4 Å². The van der Waals surface area contributed by atoms with Crippen LogP contribution in [0, 0.1) is 12.7 Å². The van der Waals surface area contributed by atoms with E-state index in [0.717, 1.165) is 5.56 Å². The van der Waals surface area contributed by atoms with Crippen molar-refractivity contribution in [2.45, 2.75) is 18.4 Å². The van der Waals surface area contributed by atoms with Crippen molar-refractivity contribution in [2.24, 2.45) is 0 Å². The monoisotopic (exact) mass is 355 g/mol. The zero-order valence-corrected chi connectivity index (χ0v) is 14.6. The molecule has 0 saturated heterocycles. The van der Waals surface area contributed by atoms with Crippen LogP contribution in [0.5, 0.6) is 0 Å². The van der Waals surface area contributed by atoms with Crippen molar-refractivity contribution in [1.29, 1.82) is 0 Å². The molecule has 3 rings (SSSR count). The molecule has 3 nitrogen and oxygen atoms in total. The molecule has 0 unspecified atom stereocenters. The Balaban J connectivity index is 2.07. The Labute approximate surface area is 147 Å².